The molecular weight excluding hydrogens is 224 g/mol. The Morgan fingerprint density at radius 1 is 1.17 bits per heavy atom. The van der Waals surface area contributed by atoms with Gasteiger partial charge in [-0.3, -0.25) is 4.90 Å². The fourth-order valence-electron chi connectivity index (χ4n) is 4.14. The monoisotopic (exact) mass is 254 g/mol. The van der Waals surface area contributed by atoms with E-state index in [1.165, 1.54) is 19.3 Å². The van der Waals surface area contributed by atoms with E-state index in [0.717, 1.165) is 25.6 Å². The third kappa shape index (κ3) is 2.45. The van der Waals surface area contributed by atoms with Crippen molar-refractivity contribution >= 4 is 0 Å². The Balaban J connectivity index is 2.20. The van der Waals surface area contributed by atoms with Crippen molar-refractivity contribution in [2.24, 2.45) is 17.6 Å². The Morgan fingerprint density at radius 3 is 2.33 bits per heavy atom. The average Bonchev–Trinajstić information content (AvgIpc) is 2.32. The van der Waals surface area contributed by atoms with Crippen LogP contribution in [0.25, 0.3) is 0 Å². The standard InChI is InChI=1S/C15H30N2O/c1-11-6-5-7-15(10-16,14(11)4)17-8-12(2)18-13(3)9-17/h11-14H,5-10,16H2,1-4H3/t11?,12-,13+,14?,15?. The van der Waals surface area contributed by atoms with E-state index in [1.807, 2.05) is 0 Å². The van der Waals surface area contributed by atoms with Gasteiger partial charge in [0.15, 0.2) is 0 Å². The van der Waals surface area contributed by atoms with Gasteiger partial charge in [-0.15, -0.1) is 0 Å². The first kappa shape index (κ1) is 14.3. The number of ether oxygens (including phenoxy) is 1. The van der Waals surface area contributed by atoms with Crippen LogP contribution < -0.4 is 5.73 Å². The lowest BCUT2D eigenvalue weighted by Crippen LogP contribution is -2.65. The molecular formula is C15H30N2O. The molecule has 106 valence electrons. The third-order valence-corrected chi connectivity index (χ3v) is 5.37. The maximum absolute atomic E-state index is 6.23. The first-order chi connectivity index (χ1) is 8.49. The number of hydrogen-bond donors (Lipinski definition) is 1. The lowest BCUT2D eigenvalue weighted by molar-refractivity contribution is -0.125. The van der Waals surface area contributed by atoms with Gasteiger partial charge in [0.25, 0.3) is 0 Å². The molecule has 18 heavy (non-hydrogen) atoms. The van der Waals surface area contributed by atoms with E-state index in [1.54, 1.807) is 0 Å². The second-order valence-corrected chi connectivity index (χ2v) is 6.63. The Morgan fingerprint density at radius 2 is 1.78 bits per heavy atom. The molecule has 0 bridgehead atoms. The minimum atomic E-state index is 0.212. The fraction of sp³-hybridized carbons (Fsp3) is 1.00. The molecule has 3 heteroatoms. The molecule has 2 aliphatic rings. The topological polar surface area (TPSA) is 38.5 Å². The molecule has 1 aliphatic heterocycles. The number of hydrogen-bond acceptors (Lipinski definition) is 3. The molecule has 0 aromatic rings. The predicted molar refractivity (Wildman–Crippen MR) is 75.5 cm³/mol. The summed E-state index contributed by atoms with van der Waals surface area (Å²) in [5.74, 6) is 1.48. The van der Waals surface area contributed by atoms with E-state index in [0.29, 0.717) is 18.1 Å². The summed E-state index contributed by atoms with van der Waals surface area (Å²) >= 11 is 0. The number of nitrogens with zero attached hydrogens (tertiary/aromatic N) is 1. The van der Waals surface area contributed by atoms with Gasteiger partial charge < -0.3 is 10.5 Å². The van der Waals surface area contributed by atoms with Gasteiger partial charge in [-0.25, -0.2) is 0 Å². The second-order valence-electron chi connectivity index (χ2n) is 6.63. The number of nitrogens with two attached hydrogens (primary N) is 1. The van der Waals surface area contributed by atoms with Crippen LogP contribution in [-0.2, 0) is 4.74 Å². The van der Waals surface area contributed by atoms with E-state index >= 15 is 0 Å². The third-order valence-electron chi connectivity index (χ3n) is 5.37. The SMILES string of the molecule is CC1CCCC(CN)(N2C[C@@H](C)O[C@@H](C)C2)C1C. The zero-order valence-electron chi connectivity index (χ0n) is 12.5. The maximum atomic E-state index is 6.23. The Labute approximate surface area is 112 Å². The van der Waals surface area contributed by atoms with Crippen LogP contribution in [0.4, 0.5) is 0 Å². The molecule has 3 nitrogen and oxygen atoms in total. The van der Waals surface area contributed by atoms with Crippen molar-refractivity contribution in [2.45, 2.75) is 64.7 Å². The predicted octanol–water partition coefficient (Wildman–Crippen LogP) is 2.25. The van der Waals surface area contributed by atoms with E-state index in [9.17, 15) is 0 Å². The van der Waals surface area contributed by atoms with Crippen LogP contribution in [0, 0.1) is 11.8 Å². The normalized spacial score (nSPS) is 47.2. The van der Waals surface area contributed by atoms with Gasteiger partial charge in [0, 0.05) is 25.2 Å². The summed E-state index contributed by atoms with van der Waals surface area (Å²) < 4.78 is 5.88. The molecule has 2 fully saturated rings. The first-order valence-corrected chi connectivity index (χ1v) is 7.60. The zero-order valence-corrected chi connectivity index (χ0v) is 12.5. The van der Waals surface area contributed by atoms with Crippen molar-refractivity contribution in [3.8, 4) is 0 Å². The quantitative estimate of drug-likeness (QED) is 0.821. The lowest BCUT2D eigenvalue weighted by atomic mass is 9.67. The van der Waals surface area contributed by atoms with Crippen molar-refractivity contribution in [3.63, 3.8) is 0 Å². The molecule has 5 atom stereocenters. The van der Waals surface area contributed by atoms with E-state index < -0.39 is 0 Å². The smallest absolute Gasteiger partial charge is 0.0678 e. The van der Waals surface area contributed by atoms with Crippen LogP contribution in [0.2, 0.25) is 0 Å². The van der Waals surface area contributed by atoms with Gasteiger partial charge >= 0.3 is 0 Å². The second kappa shape index (κ2) is 5.48. The van der Waals surface area contributed by atoms with Crippen molar-refractivity contribution < 1.29 is 4.74 Å². The molecule has 1 saturated carbocycles. The summed E-state index contributed by atoms with van der Waals surface area (Å²) in [6.45, 7) is 12.0. The molecule has 2 rings (SSSR count). The summed E-state index contributed by atoms with van der Waals surface area (Å²) in [7, 11) is 0. The molecule has 2 N–H and O–H groups in total. The Bertz CT molecular complexity index is 274. The molecule has 1 heterocycles. The molecule has 0 aromatic heterocycles. The van der Waals surface area contributed by atoms with E-state index in [4.69, 9.17) is 10.5 Å². The van der Waals surface area contributed by atoms with Gasteiger partial charge in [-0.05, 0) is 32.1 Å². The zero-order chi connectivity index (χ0) is 13.3. The van der Waals surface area contributed by atoms with Crippen LogP contribution in [0.1, 0.15) is 47.0 Å². The largest absolute Gasteiger partial charge is 0.373 e. The summed E-state index contributed by atoms with van der Waals surface area (Å²) in [5.41, 5.74) is 6.44. The summed E-state index contributed by atoms with van der Waals surface area (Å²) in [6, 6.07) is 0. The van der Waals surface area contributed by atoms with Gasteiger partial charge in [-0.1, -0.05) is 26.7 Å². The average molecular weight is 254 g/mol. The van der Waals surface area contributed by atoms with Crippen LogP contribution in [0.5, 0.6) is 0 Å². The molecule has 3 unspecified atom stereocenters. The van der Waals surface area contributed by atoms with Crippen LogP contribution in [0.15, 0.2) is 0 Å². The van der Waals surface area contributed by atoms with Crippen molar-refractivity contribution in [1.29, 1.82) is 0 Å². The molecule has 0 amide bonds. The first-order valence-electron chi connectivity index (χ1n) is 7.60. The highest BCUT2D eigenvalue weighted by molar-refractivity contribution is 5.02. The van der Waals surface area contributed by atoms with Crippen molar-refractivity contribution in [1.82, 2.24) is 4.90 Å². The number of rotatable bonds is 2. The summed E-state index contributed by atoms with van der Waals surface area (Å²) in [5, 5.41) is 0. The highest BCUT2D eigenvalue weighted by Crippen LogP contribution is 2.42. The maximum Gasteiger partial charge on any atom is 0.0678 e. The van der Waals surface area contributed by atoms with Gasteiger partial charge in [0.1, 0.15) is 0 Å². The van der Waals surface area contributed by atoms with Crippen LogP contribution in [0.3, 0.4) is 0 Å². The van der Waals surface area contributed by atoms with Crippen LogP contribution in [-0.4, -0.2) is 42.3 Å². The minimum Gasteiger partial charge on any atom is -0.373 e. The van der Waals surface area contributed by atoms with Gasteiger partial charge in [-0.2, -0.15) is 0 Å². The summed E-state index contributed by atoms with van der Waals surface area (Å²) in [6.07, 6.45) is 4.61. The van der Waals surface area contributed by atoms with Gasteiger partial charge in [0.2, 0.25) is 0 Å². The van der Waals surface area contributed by atoms with Crippen molar-refractivity contribution in [3.05, 3.63) is 0 Å². The Hall–Kier alpha value is -0.120. The van der Waals surface area contributed by atoms with Crippen LogP contribution >= 0.6 is 0 Å². The van der Waals surface area contributed by atoms with Gasteiger partial charge in [0.05, 0.1) is 12.2 Å². The highest BCUT2D eigenvalue weighted by Gasteiger charge is 2.46. The molecule has 0 radical (unpaired) electrons. The molecule has 1 aliphatic carbocycles. The van der Waals surface area contributed by atoms with E-state index in [-0.39, 0.29) is 5.54 Å². The lowest BCUT2D eigenvalue weighted by Gasteiger charge is -2.55. The molecule has 1 saturated heterocycles. The molecule has 0 spiro atoms. The van der Waals surface area contributed by atoms with E-state index in [2.05, 4.69) is 32.6 Å². The summed E-state index contributed by atoms with van der Waals surface area (Å²) in [4.78, 5) is 2.64. The molecule has 0 aromatic carbocycles. The van der Waals surface area contributed by atoms with Crippen molar-refractivity contribution in [2.75, 3.05) is 19.6 Å². The fourth-order valence-corrected chi connectivity index (χ4v) is 4.14. The minimum absolute atomic E-state index is 0.212. The Kier molecular flexibility index (Phi) is 4.35. The number of morpholine rings is 1. The highest BCUT2D eigenvalue weighted by atomic mass is 16.5.